The van der Waals surface area contributed by atoms with E-state index in [1.807, 2.05) is 0 Å². The fourth-order valence-corrected chi connectivity index (χ4v) is 2.47. The fraction of sp³-hybridized carbons (Fsp3) is 0.167. The lowest BCUT2D eigenvalue weighted by atomic mass is 10.1. The summed E-state index contributed by atoms with van der Waals surface area (Å²) in [6.45, 7) is 0. The van der Waals surface area contributed by atoms with Gasteiger partial charge in [0, 0.05) is 10.6 Å². The summed E-state index contributed by atoms with van der Waals surface area (Å²) in [5, 5.41) is 2.58. The van der Waals surface area contributed by atoms with Crippen molar-refractivity contribution in [1.29, 1.82) is 0 Å². The highest BCUT2D eigenvalue weighted by Gasteiger charge is 2.19. The van der Waals surface area contributed by atoms with Gasteiger partial charge in [-0.1, -0.05) is 17.7 Å². The molecule has 0 aliphatic heterocycles. The van der Waals surface area contributed by atoms with E-state index in [0.29, 0.717) is 0 Å². The van der Waals surface area contributed by atoms with Crippen molar-refractivity contribution in [2.45, 2.75) is 6.42 Å². The molecule has 0 aromatic heterocycles. The van der Waals surface area contributed by atoms with E-state index in [9.17, 15) is 18.8 Å². The number of anilines is 1. The number of carbonyl (C=O) groups is 3. The number of methoxy groups -OCH3 is 2. The van der Waals surface area contributed by atoms with E-state index in [2.05, 4.69) is 14.8 Å². The van der Waals surface area contributed by atoms with Gasteiger partial charge < -0.3 is 14.8 Å². The molecule has 2 aromatic carbocycles. The van der Waals surface area contributed by atoms with Crippen LogP contribution in [0.2, 0.25) is 5.02 Å². The third kappa shape index (κ3) is 4.37. The molecule has 0 bridgehead atoms. The van der Waals surface area contributed by atoms with Gasteiger partial charge in [-0.15, -0.1) is 0 Å². The number of esters is 2. The van der Waals surface area contributed by atoms with Crippen LogP contribution >= 0.6 is 11.6 Å². The minimum Gasteiger partial charge on any atom is -0.465 e. The van der Waals surface area contributed by atoms with Crippen molar-refractivity contribution in [3.8, 4) is 0 Å². The van der Waals surface area contributed by atoms with Crippen molar-refractivity contribution in [2.24, 2.45) is 0 Å². The van der Waals surface area contributed by atoms with Gasteiger partial charge in [0.1, 0.15) is 5.82 Å². The Bertz CT molecular complexity index is 848. The Morgan fingerprint density at radius 3 is 2.38 bits per heavy atom. The van der Waals surface area contributed by atoms with E-state index in [4.69, 9.17) is 11.6 Å². The van der Waals surface area contributed by atoms with E-state index in [-0.39, 0.29) is 33.8 Å². The summed E-state index contributed by atoms with van der Waals surface area (Å²) in [7, 11) is 2.39. The lowest BCUT2D eigenvalue weighted by molar-refractivity contribution is -0.115. The van der Waals surface area contributed by atoms with Crippen molar-refractivity contribution < 1.29 is 28.2 Å². The van der Waals surface area contributed by atoms with E-state index in [1.54, 1.807) is 0 Å². The molecule has 8 heteroatoms. The maximum atomic E-state index is 13.8. The van der Waals surface area contributed by atoms with Crippen LogP contribution in [0.1, 0.15) is 26.3 Å². The molecule has 2 aromatic rings. The number of carbonyl (C=O) groups excluding carboxylic acids is 3. The smallest absolute Gasteiger partial charge is 0.339 e. The monoisotopic (exact) mass is 379 g/mol. The van der Waals surface area contributed by atoms with Crippen LogP contribution in [0.3, 0.4) is 0 Å². The minimum atomic E-state index is -0.708. The molecule has 136 valence electrons. The van der Waals surface area contributed by atoms with Gasteiger partial charge in [0.25, 0.3) is 0 Å². The number of hydrogen-bond donors (Lipinski definition) is 1. The largest absolute Gasteiger partial charge is 0.465 e. The highest BCUT2D eigenvalue weighted by atomic mass is 35.5. The molecule has 0 saturated heterocycles. The lowest BCUT2D eigenvalue weighted by Crippen LogP contribution is -2.19. The first kappa shape index (κ1) is 19.4. The summed E-state index contributed by atoms with van der Waals surface area (Å²) in [5.74, 6) is -2.59. The highest BCUT2D eigenvalue weighted by molar-refractivity contribution is 6.31. The van der Waals surface area contributed by atoms with Crippen molar-refractivity contribution in [2.75, 3.05) is 19.5 Å². The lowest BCUT2D eigenvalue weighted by Gasteiger charge is -2.12. The maximum absolute atomic E-state index is 13.8. The van der Waals surface area contributed by atoms with Crippen LogP contribution < -0.4 is 5.32 Å². The molecule has 0 aliphatic carbocycles. The molecule has 1 amide bonds. The average molecular weight is 380 g/mol. The third-order valence-electron chi connectivity index (χ3n) is 3.52. The molecule has 26 heavy (non-hydrogen) atoms. The van der Waals surface area contributed by atoms with Gasteiger partial charge in [-0.2, -0.15) is 0 Å². The van der Waals surface area contributed by atoms with Gasteiger partial charge in [0.05, 0.1) is 37.5 Å². The topological polar surface area (TPSA) is 81.7 Å². The van der Waals surface area contributed by atoms with Gasteiger partial charge >= 0.3 is 11.9 Å². The van der Waals surface area contributed by atoms with E-state index in [0.717, 1.165) is 0 Å². The molecule has 0 radical (unpaired) electrons. The molecule has 0 unspecified atom stereocenters. The van der Waals surface area contributed by atoms with Crippen molar-refractivity contribution in [3.05, 3.63) is 63.9 Å². The van der Waals surface area contributed by atoms with Crippen LogP contribution in [-0.4, -0.2) is 32.1 Å². The summed E-state index contributed by atoms with van der Waals surface area (Å²) in [5.41, 5.74) is 0.222. The van der Waals surface area contributed by atoms with E-state index in [1.165, 1.54) is 50.6 Å². The number of nitrogens with one attached hydrogen (secondary N) is 1. The predicted octanol–water partition coefficient (Wildman–Crippen LogP) is 3.23. The first-order chi connectivity index (χ1) is 12.4. The zero-order valence-electron chi connectivity index (χ0n) is 14.0. The first-order valence-electron chi connectivity index (χ1n) is 7.40. The Balaban J connectivity index is 2.32. The molecule has 0 saturated carbocycles. The fourth-order valence-electron chi connectivity index (χ4n) is 2.24. The number of hydrogen-bond acceptors (Lipinski definition) is 5. The zero-order valence-corrected chi connectivity index (χ0v) is 14.7. The van der Waals surface area contributed by atoms with Crippen LogP contribution in [0, 0.1) is 5.82 Å². The van der Waals surface area contributed by atoms with Gasteiger partial charge in [0.2, 0.25) is 5.91 Å². The van der Waals surface area contributed by atoms with Crippen LogP contribution in [0.15, 0.2) is 36.4 Å². The Kier molecular flexibility index (Phi) is 6.30. The quantitative estimate of drug-likeness (QED) is 0.806. The van der Waals surface area contributed by atoms with Gasteiger partial charge in [-0.25, -0.2) is 14.0 Å². The standard InChI is InChI=1S/C18H15ClFNO5/c1-25-17(23)10-6-7-11(18(24)26-2)15(8-10)21-16(22)9-12-13(19)4-3-5-14(12)20/h3-8H,9H2,1-2H3,(H,21,22). The van der Waals surface area contributed by atoms with Crippen LogP contribution in [0.5, 0.6) is 0 Å². The normalized spacial score (nSPS) is 10.2. The maximum Gasteiger partial charge on any atom is 0.339 e. The molecule has 0 atom stereocenters. The first-order valence-corrected chi connectivity index (χ1v) is 7.78. The molecule has 1 N–H and O–H groups in total. The Morgan fingerprint density at radius 1 is 1.08 bits per heavy atom. The van der Waals surface area contributed by atoms with E-state index < -0.39 is 23.7 Å². The highest BCUT2D eigenvalue weighted by Crippen LogP contribution is 2.22. The summed E-state index contributed by atoms with van der Waals surface area (Å²) in [4.78, 5) is 35.8. The average Bonchev–Trinajstić information content (AvgIpc) is 2.63. The van der Waals surface area contributed by atoms with Gasteiger partial charge in [0.15, 0.2) is 0 Å². The molecule has 0 spiro atoms. The number of amides is 1. The molecule has 0 fully saturated rings. The zero-order chi connectivity index (χ0) is 19.3. The number of benzene rings is 2. The molecular formula is C18H15ClFNO5. The Morgan fingerprint density at radius 2 is 1.77 bits per heavy atom. The van der Waals surface area contributed by atoms with Crippen molar-refractivity contribution in [3.63, 3.8) is 0 Å². The third-order valence-corrected chi connectivity index (χ3v) is 3.87. The molecule has 6 nitrogen and oxygen atoms in total. The van der Waals surface area contributed by atoms with Crippen LogP contribution in [0.25, 0.3) is 0 Å². The molecule has 2 rings (SSSR count). The number of rotatable bonds is 5. The SMILES string of the molecule is COC(=O)c1ccc(C(=O)OC)c(NC(=O)Cc2c(F)cccc2Cl)c1. The van der Waals surface area contributed by atoms with Crippen molar-refractivity contribution in [1.82, 2.24) is 0 Å². The minimum absolute atomic E-state index is 0.0235. The second-order valence-corrected chi connectivity index (χ2v) is 5.58. The Hall–Kier alpha value is -2.93. The van der Waals surface area contributed by atoms with E-state index >= 15 is 0 Å². The summed E-state index contributed by atoms with van der Waals surface area (Å²) < 4.78 is 23.1. The molecular weight excluding hydrogens is 365 g/mol. The molecule has 0 aliphatic rings. The number of halogens is 2. The van der Waals surface area contributed by atoms with Gasteiger partial charge in [-0.3, -0.25) is 4.79 Å². The Labute approximate surface area is 153 Å². The molecule has 0 heterocycles. The summed E-state index contributed by atoms with van der Waals surface area (Å²) in [6, 6.07) is 8.04. The van der Waals surface area contributed by atoms with Crippen LogP contribution in [-0.2, 0) is 20.7 Å². The number of ether oxygens (including phenoxy) is 2. The van der Waals surface area contributed by atoms with Crippen molar-refractivity contribution >= 4 is 35.1 Å². The van der Waals surface area contributed by atoms with Gasteiger partial charge in [-0.05, 0) is 30.3 Å². The predicted molar refractivity (Wildman–Crippen MR) is 92.9 cm³/mol. The second kappa shape index (κ2) is 8.44. The summed E-state index contributed by atoms with van der Waals surface area (Å²) >= 11 is 5.91. The second-order valence-electron chi connectivity index (χ2n) is 5.17. The van der Waals surface area contributed by atoms with Crippen LogP contribution in [0.4, 0.5) is 10.1 Å². The summed E-state index contributed by atoms with van der Waals surface area (Å²) in [6.07, 6.45) is -0.353.